The van der Waals surface area contributed by atoms with E-state index in [1.165, 1.54) is 0 Å². The number of morpholine rings is 1. The van der Waals surface area contributed by atoms with Crippen molar-refractivity contribution in [2.45, 2.75) is 19.0 Å². The second-order valence-electron chi connectivity index (χ2n) is 9.52. The number of aryl methyl sites for hydroxylation is 1. The van der Waals surface area contributed by atoms with E-state index in [1.807, 2.05) is 18.3 Å². The standard InChI is InChI=1S/C28H28F4N6O2/c29-22-8-5-20(28(30,31)32)16-24(22)36-27(39)35-21-6-3-18(4-7-21)25-19(2-1-11-37-12-14-40-15-13-37)17-38-26(25)23(33)9-10-34-38/h3-10,16-17H,1-2,11-15,33H2,(H2,35,36,39). The number of carbonyl (C=O) groups is 1. The number of benzene rings is 2. The van der Waals surface area contributed by atoms with Crippen molar-refractivity contribution in [3.05, 3.63) is 77.9 Å². The van der Waals surface area contributed by atoms with Crippen LogP contribution in [0.25, 0.3) is 16.6 Å². The molecule has 0 radical (unpaired) electrons. The second-order valence-corrected chi connectivity index (χ2v) is 9.52. The van der Waals surface area contributed by atoms with E-state index in [0.717, 1.165) is 67.9 Å². The van der Waals surface area contributed by atoms with Crippen molar-refractivity contribution >= 4 is 28.6 Å². The number of hydrogen-bond donors (Lipinski definition) is 3. The molecule has 0 bridgehead atoms. The summed E-state index contributed by atoms with van der Waals surface area (Å²) in [5.41, 5.74) is 9.29. The third-order valence-electron chi connectivity index (χ3n) is 6.78. The molecular weight excluding hydrogens is 528 g/mol. The Kier molecular flexibility index (Phi) is 7.90. The second kappa shape index (κ2) is 11.5. The van der Waals surface area contributed by atoms with Gasteiger partial charge in [0.2, 0.25) is 0 Å². The molecule has 8 nitrogen and oxygen atoms in total. The number of halogens is 4. The van der Waals surface area contributed by atoms with Gasteiger partial charge in [0, 0.05) is 36.7 Å². The molecule has 5 rings (SSSR count). The molecule has 0 atom stereocenters. The van der Waals surface area contributed by atoms with Gasteiger partial charge in [0.05, 0.1) is 35.7 Å². The van der Waals surface area contributed by atoms with Crippen LogP contribution in [0.2, 0.25) is 0 Å². The van der Waals surface area contributed by atoms with Gasteiger partial charge in [-0.05, 0) is 66.9 Å². The number of anilines is 3. The molecule has 2 amide bonds. The van der Waals surface area contributed by atoms with Crippen LogP contribution in [-0.4, -0.2) is 53.4 Å². The van der Waals surface area contributed by atoms with Crippen molar-refractivity contribution in [1.82, 2.24) is 14.5 Å². The average molecular weight is 557 g/mol. The Morgan fingerprint density at radius 2 is 1.80 bits per heavy atom. The normalized spacial score (nSPS) is 14.4. The fourth-order valence-corrected chi connectivity index (χ4v) is 4.81. The van der Waals surface area contributed by atoms with E-state index in [9.17, 15) is 22.4 Å². The molecule has 0 unspecified atom stereocenters. The quantitative estimate of drug-likeness (QED) is 0.256. The van der Waals surface area contributed by atoms with Gasteiger partial charge in [-0.3, -0.25) is 4.90 Å². The highest BCUT2D eigenvalue weighted by molar-refractivity contribution is 6.00. The number of nitrogens with one attached hydrogen (secondary N) is 2. The van der Waals surface area contributed by atoms with Gasteiger partial charge in [-0.2, -0.15) is 18.3 Å². The van der Waals surface area contributed by atoms with E-state index in [4.69, 9.17) is 10.5 Å². The van der Waals surface area contributed by atoms with Crippen molar-refractivity contribution in [2.24, 2.45) is 0 Å². The van der Waals surface area contributed by atoms with Gasteiger partial charge < -0.3 is 21.1 Å². The largest absolute Gasteiger partial charge is 0.416 e. The number of alkyl halides is 3. The fourth-order valence-electron chi connectivity index (χ4n) is 4.81. The van der Waals surface area contributed by atoms with Crippen molar-refractivity contribution in [3.63, 3.8) is 0 Å². The van der Waals surface area contributed by atoms with Gasteiger partial charge in [0.1, 0.15) is 5.82 Å². The van der Waals surface area contributed by atoms with Crippen LogP contribution in [0.3, 0.4) is 0 Å². The molecule has 2 aromatic heterocycles. The van der Waals surface area contributed by atoms with Gasteiger partial charge in [-0.1, -0.05) is 12.1 Å². The molecule has 1 saturated heterocycles. The molecule has 1 aliphatic heterocycles. The Hall–Kier alpha value is -4.16. The summed E-state index contributed by atoms with van der Waals surface area (Å²) in [6.07, 6.45) is 0.697. The number of hydrogen-bond acceptors (Lipinski definition) is 5. The van der Waals surface area contributed by atoms with Gasteiger partial charge in [0.15, 0.2) is 0 Å². The number of ether oxygens (including phenoxy) is 1. The number of nitrogens with two attached hydrogens (primary N) is 1. The molecule has 3 heterocycles. The number of nitrogens with zero attached hydrogens (tertiary/aromatic N) is 3. The fraction of sp³-hybridized carbons (Fsp3) is 0.286. The minimum atomic E-state index is -4.67. The molecule has 0 aliphatic carbocycles. The molecule has 4 N–H and O–H groups in total. The van der Waals surface area contributed by atoms with E-state index < -0.39 is 29.3 Å². The highest BCUT2D eigenvalue weighted by Gasteiger charge is 2.31. The van der Waals surface area contributed by atoms with Crippen molar-refractivity contribution in [1.29, 1.82) is 0 Å². The lowest BCUT2D eigenvalue weighted by Crippen LogP contribution is -2.36. The molecule has 210 valence electrons. The Morgan fingerprint density at radius 1 is 1.05 bits per heavy atom. The first kappa shape index (κ1) is 27.4. The summed E-state index contributed by atoms with van der Waals surface area (Å²) in [5.74, 6) is -0.980. The maximum Gasteiger partial charge on any atom is 0.416 e. The number of aromatic nitrogens is 2. The maximum atomic E-state index is 14.0. The lowest BCUT2D eigenvalue weighted by atomic mass is 9.99. The highest BCUT2D eigenvalue weighted by Crippen LogP contribution is 2.35. The monoisotopic (exact) mass is 556 g/mol. The molecular formula is C28H28F4N6O2. The topological polar surface area (TPSA) is 96.9 Å². The lowest BCUT2D eigenvalue weighted by molar-refractivity contribution is -0.137. The Labute approximate surface area is 227 Å². The maximum absolute atomic E-state index is 14.0. The Morgan fingerprint density at radius 3 is 2.52 bits per heavy atom. The number of nitrogen functional groups attached to an aromatic ring is 1. The number of urea groups is 1. The smallest absolute Gasteiger partial charge is 0.397 e. The van der Waals surface area contributed by atoms with E-state index in [-0.39, 0.29) is 0 Å². The molecule has 1 fully saturated rings. The third kappa shape index (κ3) is 6.18. The Bertz CT molecular complexity index is 1500. The first-order chi connectivity index (χ1) is 19.2. The highest BCUT2D eigenvalue weighted by atomic mass is 19.4. The van der Waals surface area contributed by atoms with Crippen LogP contribution in [0.15, 0.2) is 60.9 Å². The minimum Gasteiger partial charge on any atom is -0.397 e. The van der Waals surface area contributed by atoms with Gasteiger partial charge in [-0.25, -0.2) is 13.7 Å². The van der Waals surface area contributed by atoms with Gasteiger partial charge in [-0.15, -0.1) is 0 Å². The number of fused-ring (bicyclic) bond motifs is 1. The number of rotatable bonds is 7. The number of carbonyl (C=O) groups excluding carboxylic acids is 1. The van der Waals surface area contributed by atoms with Crippen LogP contribution in [0, 0.1) is 5.82 Å². The van der Waals surface area contributed by atoms with E-state index in [2.05, 4.69) is 20.6 Å². The molecule has 2 aromatic carbocycles. The zero-order chi connectivity index (χ0) is 28.3. The van der Waals surface area contributed by atoms with E-state index in [0.29, 0.717) is 29.6 Å². The van der Waals surface area contributed by atoms with Crippen LogP contribution in [0.1, 0.15) is 17.5 Å². The van der Waals surface area contributed by atoms with Crippen molar-refractivity contribution < 1.29 is 27.1 Å². The molecule has 4 aromatic rings. The van der Waals surface area contributed by atoms with E-state index >= 15 is 0 Å². The summed E-state index contributed by atoms with van der Waals surface area (Å²) in [5, 5.41) is 9.08. The van der Waals surface area contributed by atoms with Gasteiger partial charge in [0.25, 0.3) is 0 Å². The predicted molar refractivity (Wildman–Crippen MR) is 145 cm³/mol. The number of amides is 2. The average Bonchev–Trinajstić information content (AvgIpc) is 3.30. The predicted octanol–water partition coefficient (Wildman–Crippen LogP) is 5.65. The van der Waals surface area contributed by atoms with Crippen LogP contribution < -0.4 is 16.4 Å². The van der Waals surface area contributed by atoms with Crippen LogP contribution in [0.4, 0.5) is 39.4 Å². The van der Waals surface area contributed by atoms with Crippen LogP contribution in [-0.2, 0) is 17.3 Å². The van der Waals surface area contributed by atoms with Crippen molar-refractivity contribution in [2.75, 3.05) is 49.2 Å². The summed E-state index contributed by atoms with van der Waals surface area (Å²) in [6.45, 7) is 4.27. The molecule has 0 spiro atoms. The zero-order valence-corrected chi connectivity index (χ0v) is 21.5. The third-order valence-corrected chi connectivity index (χ3v) is 6.78. The van der Waals surface area contributed by atoms with E-state index in [1.54, 1.807) is 28.9 Å². The summed E-state index contributed by atoms with van der Waals surface area (Å²) in [7, 11) is 0. The first-order valence-electron chi connectivity index (χ1n) is 12.8. The molecule has 40 heavy (non-hydrogen) atoms. The van der Waals surface area contributed by atoms with Gasteiger partial charge >= 0.3 is 12.2 Å². The zero-order valence-electron chi connectivity index (χ0n) is 21.5. The summed E-state index contributed by atoms with van der Waals surface area (Å²) in [4.78, 5) is 14.8. The molecule has 12 heteroatoms. The summed E-state index contributed by atoms with van der Waals surface area (Å²) >= 11 is 0. The minimum absolute atomic E-state index is 0.372. The summed E-state index contributed by atoms with van der Waals surface area (Å²) < 4.78 is 60.1. The molecule has 1 aliphatic rings. The Balaban J connectivity index is 1.32. The van der Waals surface area contributed by atoms with Crippen LogP contribution in [0.5, 0.6) is 0 Å². The van der Waals surface area contributed by atoms with Crippen LogP contribution >= 0.6 is 0 Å². The summed E-state index contributed by atoms with van der Waals surface area (Å²) in [6, 6.07) is 9.63. The van der Waals surface area contributed by atoms with Crippen molar-refractivity contribution in [3.8, 4) is 11.1 Å². The SMILES string of the molecule is Nc1ccnn2cc(CCCN3CCOCC3)c(-c3ccc(NC(=O)Nc4cc(C(F)(F)F)ccc4F)cc3)c12. The lowest BCUT2D eigenvalue weighted by Gasteiger charge is -2.26. The first-order valence-corrected chi connectivity index (χ1v) is 12.8. The molecule has 0 saturated carbocycles.